The van der Waals surface area contributed by atoms with Crippen LogP contribution < -0.4 is 0 Å². The van der Waals surface area contributed by atoms with Crippen molar-refractivity contribution in [3.8, 4) is 0 Å². The van der Waals surface area contributed by atoms with Crippen LogP contribution >= 0.6 is 11.8 Å². The number of carboxylic acids is 1. The topological polar surface area (TPSA) is 66.8 Å². The van der Waals surface area contributed by atoms with E-state index in [9.17, 15) is 9.59 Å². The summed E-state index contributed by atoms with van der Waals surface area (Å²) in [4.78, 5) is 24.1. The first kappa shape index (κ1) is 13.3. The summed E-state index contributed by atoms with van der Waals surface area (Å²) in [6, 6.07) is -0.657. The molecule has 1 aliphatic heterocycles. The van der Waals surface area contributed by atoms with Gasteiger partial charge in [0.2, 0.25) is 5.91 Å². The molecule has 1 amide bonds. The molecule has 0 radical (unpaired) electrons. The largest absolute Gasteiger partial charge is 0.480 e. The number of methoxy groups -OCH3 is 1. The third-order valence-electron chi connectivity index (χ3n) is 2.65. The molecule has 1 rings (SSSR count). The Morgan fingerprint density at radius 1 is 1.62 bits per heavy atom. The third kappa shape index (κ3) is 3.38. The standard InChI is InChI=1S/C10H17NO4S/c1-7(15-2)3-4-9(12)11-6-16-5-8(11)10(13)14/h7-8H,3-6H2,1-2H3,(H,13,14)/t7?,8-/m0/s1. The molecule has 92 valence electrons. The molecular weight excluding hydrogens is 230 g/mol. The van der Waals surface area contributed by atoms with Gasteiger partial charge in [-0.15, -0.1) is 11.8 Å². The number of carbonyl (C=O) groups is 2. The Morgan fingerprint density at radius 3 is 2.88 bits per heavy atom. The zero-order valence-electron chi connectivity index (χ0n) is 9.51. The summed E-state index contributed by atoms with van der Waals surface area (Å²) in [5.74, 6) is -0.0441. The van der Waals surface area contributed by atoms with Gasteiger partial charge in [-0.05, 0) is 13.3 Å². The number of ether oxygens (including phenoxy) is 1. The predicted octanol–water partition coefficient (Wildman–Crippen LogP) is 0.788. The number of thioether (sulfide) groups is 1. The summed E-state index contributed by atoms with van der Waals surface area (Å²) in [5.41, 5.74) is 0. The molecule has 16 heavy (non-hydrogen) atoms. The Bertz CT molecular complexity index is 272. The van der Waals surface area contributed by atoms with Gasteiger partial charge >= 0.3 is 5.97 Å². The minimum Gasteiger partial charge on any atom is -0.480 e. The van der Waals surface area contributed by atoms with Crippen molar-refractivity contribution in [3.05, 3.63) is 0 Å². The molecule has 0 aliphatic carbocycles. The molecule has 1 aliphatic rings. The Kier molecular flexibility index (Phi) is 5.08. The molecule has 6 heteroatoms. The number of hydrogen-bond acceptors (Lipinski definition) is 4. The molecule has 0 aromatic carbocycles. The zero-order chi connectivity index (χ0) is 12.1. The summed E-state index contributed by atoms with van der Waals surface area (Å²) >= 11 is 1.48. The zero-order valence-corrected chi connectivity index (χ0v) is 10.3. The maximum atomic E-state index is 11.8. The van der Waals surface area contributed by atoms with Crippen molar-refractivity contribution < 1.29 is 19.4 Å². The molecule has 1 fully saturated rings. The SMILES string of the molecule is COC(C)CCC(=O)N1CSC[C@H]1C(=O)O. The van der Waals surface area contributed by atoms with E-state index < -0.39 is 12.0 Å². The van der Waals surface area contributed by atoms with Crippen molar-refractivity contribution in [2.75, 3.05) is 18.7 Å². The third-order valence-corrected chi connectivity index (χ3v) is 3.67. The van der Waals surface area contributed by atoms with Gasteiger partial charge in [-0.1, -0.05) is 0 Å². The van der Waals surface area contributed by atoms with E-state index in [1.165, 1.54) is 16.7 Å². The fourth-order valence-electron chi connectivity index (χ4n) is 1.48. The minimum atomic E-state index is -0.918. The van der Waals surface area contributed by atoms with Gasteiger partial charge in [-0.2, -0.15) is 0 Å². The summed E-state index contributed by atoms with van der Waals surface area (Å²) < 4.78 is 5.05. The van der Waals surface area contributed by atoms with Crippen LogP contribution in [0.1, 0.15) is 19.8 Å². The summed E-state index contributed by atoms with van der Waals surface area (Å²) in [5, 5.41) is 8.92. The van der Waals surface area contributed by atoms with Crippen molar-refractivity contribution in [1.82, 2.24) is 4.90 Å². The molecule has 1 unspecified atom stereocenters. The van der Waals surface area contributed by atoms with Gasteiger partial charge in [0.1, 0.15) is 6.04 Å². The van der Waals surface area contributed by atoms with Crippen LogP contribution in [0.4, 0.5) is 0 Å². The summed E-state index contributed by atoms with van der Waals surface area (Å²) in [6.07, 6.45) is 1.00. The number of aliphatic carboxylic acids is 1. The molecule has 0 aromatic heterocycles. The van der Waals surface area contributed by atoms with Crippen LogP contribution in [0.2, 0.25) is 0 Å². The molecule has 0 aromatic rings. The van der Waals surface area contributed by atoms with E-state index in [1.54, 1.807) is 7.11 Å². The van der Waals surface area contributed by atoms with E-state index in [2.05, 4.69) is 0 Å². The van der Waals surface area contributed by atoms with Crippen LogP contribution in [0.5, 0.6) is 0 Å². The first-order valence-corrected chi connectivity index (χ1v) is 6.34. The van der Waals surface area contributed by atoms with Gasteiger partial charge in [0.05, 0.1) is 12.0 Å². The normalized spacial score (nSPS) is 22.1. The molecule has 0 saturated carbocycles. The Hall–Kier alpha value is -0.750. The van der Waals surface area contributed by atoms with Crippen molar-refractivity contribution in [3.63, 3.8) is 0 Å². The fraction of sp³-hybridized carbons (Fsp3) is 0.800. The predicted molar refractivity (Wildman–Crippen MR) is 61.3 cm³/mol. The van der Waals surface area contributed by atoms with Crippen molar-refractivity contribution in [1.29, 1.82) is 0 Å². The molecule has 5 nitrogen and oxygen atoms in total. The highest BCUT2D eigenvalue weighted by atomic mass is 32.2. The monoisotopic (exact) mass is 247 g/mol. The Labute approximate surface area is 99.1 Å². The molecule has 0 bridgehead atoms. The first-order chi connectivity index (χ1) is 7.56. The maximum absolute atomic E-state index is 11.8. The summed E-state index contributed by atoms with van der Waals surface area (Å²) in [6.45, 7) is 1.89. The summed E-state index contributed by atoms with van der Waals surface area (Å²) in [7, 11) is 1.60. The Morgan fingerprint density at radius 2 is 2.31 bits per heavy atom. The number of nitrogens with zero attached hydrogens (tertiary/aromatic N) is 1. The lowest BCUT2D eigenvalue weighted by Crippen LogP contribution is -2.41. The van der Waals surface area contributed by atoms with Gasteiger partial charge in [0, 0.05) is 19.3 Å². The van der Waals surface area contributed by atoms with Crippen LogP contribution in [-0.2, 0) is 14.3 Å². The van der Waals surface area contributed by atoms with E-state index in [1.807, 2.05) is 6.92 Å². The second kappa shape index (κ2) is 6.10. The van der Waals surface area contributed by atoms with Crippen LogP contribution in [0, 0.1) is 0 Å². The lowest BCUT2D eigenvalue weighted by molar-refractivity contribution is -0.147. The molecular formula is C10H17NO4S. The second-order valence-electron chi connectivity index (χ2n) is 3.80. The first-order valence-electron chi connectivity index (χ1n) is 5.19. The highest BCUT2D eigenvalue weighted by Gasteiger charge is 2.34. The number of rotatable bonds is 5. The van der Waals surface area contributed by atoms with Crippen molar-refractivity contribution in [2.45, 2.75) is 31.9 Å². The number of hydrogen-bond donors (Lipinski definition) is 1. The van der Waals surface area contributed by atoms with Gasteiger partial charge in [0.25, 0.3) is 0 Å². The lowest BCUT2D eigenvalue weighted by atomic mass is 10.2. The van der Waals surface area contributed by atoms with Gasteiger partial charge in [-0.25, -0.2) is 4.79 Å². The van der Waals surface area contributed by atoms with Crippen LogP contribution in [0.25, 0.3) is 0 Å². The van der Waals surface area contributed by atoms with E-state index >= 15 is 0 Å². The number of carboxylic acid groups (broad SMARTS) is 1. The van der Waals surface area contributed by atoms with E-state index in [0.717, 1.165) is 0 Å². The molecule has 1 N–H and O–H groups in total. The average molecular weight is 247 g/mol. The van der Waals surface area contributed by atoms with E-state index in [4.69, 9.17) is 9.84 Å². The van der Waals surface area contributed by atoms with Gasteiger partial charge in [0.15, 0.2) is 0 Å². The second-order valence-corrected chi connectivity index (χ2v) is 4.80. The highest BCUT2D eigenvalue weighted by Crippen LogP contribution is 2.22. The lowest BCUT2D eigenvalue weighted by Gasteiger charge is -2.21. The van der Waals surface area contributed by atoms with Crippen molar-refractivity contribution >= 4 is 23.6 Å². The van der Waals surface area contributed by atoms with Gasteiger partial charge < -0.3 is 14.7 Å². The number of carbonyl (C=O) groups excluding carboxylic acids is 1. The van der Waals surface area contributed by atoms with Gasteiger partial charge in [-0.3, -0.25) is 4.79 Å². The quantitative estimate of drug-likeness (QED) is 0.778. The van der Waals surface area contributed by atoms with Crippen LogP contribution in [0.3, 0.4) is 0 Å². The van der Waals surface area contributed by atoms with Crippen LogP contribution in [0.15, 0.2) is 0 Å². The van der Waals surface area contributed by atoms with Crippen molar-refractivity contribution in [2.24, 2.45) is 0 Å². The van der Waals surface area contributed by atoms with E-state index in [-0.39, 0.29) is 12.0 Å². The number of amides is 1. The Balaban J connectivity index is 2.44. The van der Waals surface area contributed by atoms with E-state index in [0.29, 0.717) is 24.5 Å². The highest BCUT2D eigenvalue weighted by molar-refractivity contribution is 7.99. The molecule has 1 heterocycles. The smallest absolute Gasteiger partial charge is 0.327 e. The minimum absolute atomic E-state index is 0.0301. The fourth-order valence-corrected chi connectivity index (χ4v) is 2.65. The maximum Gasteiger partial charge on any atom is 0.327 e. The average Bonchev–Trinajstić information content (AvgIpc) is 2.74. The molecule has 1 saturated heterocycles. The van der Waals surface area contributed by atoms with Crippen LogP contribution in [-0.4, -0.2) is 52.8 Å². The molecule has 0 spiro atoms. The molecule has 2 atom stereocenters.